The maximum absolute atomic E-state index is 9.51. The van der Waals surface area contributed by atoms with Crippen LogP contribution in [0.5, 0.6) is 0 Å². The lowest BCUT2D eigenvalue weighted by Gasteiger charge is -2.16. The van der Waals surface area contributed by atoms with Crippen molar-refractivity contribution in [1.82, 2.24) is 5.48 Å². The first-order valence-corrected chi connectivity index (χ1v) is 4.09. The molecule has 1 aromatic carbocycles. The monoisotopic (exact) mass is 191 g/mol. The SMILES string of the molecule is OC1=CONC(c2ccccc2)=C1O. The summed E-state index contributed by atoms with van der Waals surface area (Å²) in [7, 11) is 0. The zero-order valence-electron chi connectivity index (χ0n) is 7.27. The van der Waals surface area contributed by atoms with E-state index < -0.39 is 0 Å². The third-order valence-corrected chi connectivity index (χ3v) is 1.87. The van der Waals surface area contributed by atoms with Crippen molar-refractivity contribution < 1.29 is 15.1 Å². The minimum Gasteiger partial charge on any atom is -0.503 e. The lowest BCUT2D eigenvalue weighted by molar-refractivity contribution is 0.150. The minimum atomic E-state index is -0.289. The normalized spacial score (nSPS) is 15.6. The first-order valence-electron chi connectivity index (χ1n) is 4.09. The molecule has 0 bridgehead atoms. The van der Waals surface area contributed by atoms with Gasteiger partial charge in [-0.25, -0.2) is 5.48 Å². The zero-order chi connectivity index (χ0) is 9.97. The standard InChI is InChI=1S/C10H9NO3/c12-8-6-14-11-9(10(8)13)7-4-2-1-3-5-7/h1-6,11-13H. The van der Waals surface area contributed by atoms with E-state index in [1.807, 2.05) is 18.2 Å². The Morgan fingerprint density at radius 1 is 1.07 bits per heavy atom. The van der Waals surface area contributed by atoms with Crippen LogP contribution in [-0.2, 0) is 4.84 Å². The average molecular weight is 191 g/mol. The van der Waals surface area contributed by atoms with Crippen molar-refractivity contribution in [3.05, 3.63) is 53.7 Å². The lowest BCUT2D eigenvalue weighted by atomic mass is 10.1. The molecule has 0 saturated heterocycles. The number of hydrogen-bond donors (Lipinski definition) is 3. The van der Waals surface area contributed by atoms with E-state index >= 15 is 0 Å². The fourth-order valence-electron chi connectivity index (χ4n) is 1.18. The topological polar surface area (TPSA) is 61.7 Å². The van der Waals surface area contributed by atoms with E-state index in [2.05, 4.69) is 5.48 Å². The quantitative estimate of drug-likeness (QED) is 0.634. The number of aliphatic hydroxyl groups is 2. The van der Waals surface area contributed by atoms with Crippen molar-refractivity contribution in [3.63, 3.8) is 0 Å². The molecule has 0 amide bonds. The second kappa shape index (κ2) is 3.33. The molecule has 1 aliphatic heterocycles. The van der Waals surface area contributed by atoms with Crippen LogP contribution in [0.3, 0.4) is 0 Å². The summed E-state index contributed by atoms with van der Waals surface area (Å²) in [5.41, 5.74) is 3.60. The van der Waals surface area contributed by atoms with Crippen LogP contribution in [0.15, 0.2) is 48.1 Å². The van der Waals surface area contributed by atoms with Crippen molar-refractivity contribution in [1.29, 1.82) is 0 Å². The van der Waals surface area contributed by atoms with Crippen molar-refractivity contribution in [2.24, 2.45) is 0 Å². The molecule has 2 rings (SSSR count). The molecule has 0 fully saturated rings. The molecule has 0 aromatic heterocycles. The smallest absolute Gasteiger partial charge is 0.198 e. The maximum atomic E-state index is 9.51. The highest BCUT2D eigenvalue weighted by molar-refractivity contribution is 5.68. The summed E-state index contributed by atoms with van der Waals surface area (Å²) in [5.74, 6) is -0.509. The number of hydrogen-bond acceptors (Lipinski definition) is 4. The first-order chi connectivity index (χ1) is 6.79. The predicted molar refractivity (Wildman–Crippen MR) is 50.9 cm³/mol. The Bertz CT molecular complexity index is 395. The molecule has 4 heteroatoms. The Hall–Kier alpha value is -2.10. The van der Waals surface area contributed by atoms with Gasteiger partial charge in [0.1, 0.15) is 5.70 Å². The Morgan fingerprint density at radius 2 is 1.79 bits per heavy atom. The predicted octanol–water partition coefficient (Wildman–Crippen LogP) is 1.85. The Morgan fingerprint density at radius 3 is 2.50 bits per heavy atom. The van der Waals surface area contributed by atoms with E-state index in [1.165, 1.54) is 0 Å². The highest BCUT2D eigenvalue weighted by atomic mass is 16.6. The summed E-state index contributed by atoms with van der Waals surface area (Å²) in [6.45, 7) is 0. The largest absolute Gasteiger partial charge is 0.503 e. The van der Waals surface area contributed by atoms with Crippen LogP contribution in [0.25, 0.3) is 5.70 Å². The summed E-state index contributed by atoms with van der Waals surface area (Å²) < 4.78 is 0. The van der Waals surface area contributed by atoms with Crippen molar-refractivity contribution >= 4 is 5.70 Å². The summed E-state index contributed by atoms with van der Waals surface area (Å²) in [5, 5.41) is 18.7. The van der Waals surface area contributed by atoms with E-state index in [1.54, 1.807) is 12.1 Å². The lowest BCUT2D eigenvalue weighted by Crippen LogP contribution is -2.17. The van der Waals surface area contributed by atoms with Crippen LogP contribution in [0.2, 0.25) is 0 Å². The number of hydroxylamine groups is 1. The second-order valence-corrected chi connectivity index (χ2v) is 2.81. The highest BCUT2D eigenvalue weighted by Crippen LogP contribution is 2.21. The minimum absolute atomic E-state index is 0.220. The van der Waals surface area contributed by atoms with Gasteiger partial charge in [0.2, 0.25) is 0 Å². The zero-order valence-corrected chi connectivity index (χ0v) is 7.27. The van der Waals surface area contributed by atoms with E-state index in [4.69, 9.17) is 4.84 Å². The summed E-state index contributed by atoms with van der Waals surface area (Å²) in [4.78, 5) is 4.74. The molecule has 0 radical (unpaired) electrons. The van der Waals surface area contributed by atoms with Crippen LogP contribution in [0, 0.1) is 0 Å². The molecule has 1 aromatic rings. The molecule has 3 N–H and O–H groups in total. The van der Waals surface area contributed by atoms with Crippen LogP contribution in [-0.4, -0.2) is 10.2 Å². The van der Waals surface area contributed by atoms with Gasteiger partial charge < -0.3 is 15.1 Å². The third-order valence-electron chi connectivity index (χ3n) is 1.87. The molecule has 1 aliphatic rings. The average Bonchev–Trinajstić information content (AvgIpc) is 2.23. The number of aliphatic hydroxyl groups excluding tert-OH is 2. The molecule has 0 atom stereocenters. The van der Waals surface area contributed by atoms with Gasteiger partial charge in [-0.05, 0) is 0 Å². The molecule has 0 saturated carbocycles. The van der Waals surface area contributed by atoms with Crippen LogP contribution in [0.4, 0.5) is 0 Å². The van der Waals surface area contributed by atoms with Gasteiger partial charge in [0, 0.05) is 5.56 Å². The van der Waals surface area contributed by atoms with Crippen molar-refractivity contribution in [2.45, 2.75) is 0 Å². The van der Waals surface area contributed by atoms with E-state index in [0.29, 0.717) is 5.70 Å². The van der Waals surface area contributed by atoms with Crippen molar-refractivity contribution in [3.8, 4) is 0 Å². The molecule has 14 heavy (non-hydrogen) atoms. The Balaban J connectivity index is 2.44. The number of nitrogens with one attached hydrogen (secondary N) is 1. The van der Waals surface area contributed by atoms with E-state index in [9.17, 15) is 10.2 Å². The van der Waals surface area contributed by atoms with E-state index in [-0.39, 0.29) is 11.5 Å². The number of rotatable bonds is 1. The van der Waals surface area contributed by atoms with Gasteiger partial charge in [-0.3, -0.25) is 0 Å². The van der Waals surface area contributed by atoms with E-state index in [0.717, 1.165) is 11.8 Å². The third kappa shape index (κ3) is 1.37. The molecule has 0 aliphatic carbocycles. The van der Waals surface area contributed by atoms with Gasteiger partial charge in [0.25, 0.3) is 0 Å². The Labute approximate surface area is 80.7 Å². The Kier molecular flexibility index (Phi) is 2.02. The fraction of sp³-hybridized carbons (Fsp3) is 0. The first kappa shape index (κ1) is 8.50. The summed E-state index contributed by atoms with van der Waals surface area (Å²) in [6, 6.07) is 9.10. The van der Waals surface area contributed by atoms with Gasteiger partial charge in [-0.15, -0.1) is 0 Å². The van der Waals surface area contributed by atoms with Crippen LogP contribution >= 0.6 is 0 Å². The molecular weight excluding hydrogens is 182 g/mol. The maximum Gasteiger partial charge on any atom is 0.198 e. The molecule has 4 nitrogen and oxygen atoms in total. The molecule has 1 heterocycles. The van der Waals surface area contributed by atoms with Crippen LogP contribution < -0.4 is 5.48 Å². The van der Waals surface area contributed by atoms with Gasteiger partial charge in [0.15, 0.2) is 17.8 Å². The van der Waals surface area contributed by atoms with Gasteiger partial charge in [-0.1, -0.05) is 30.3 Å². The fourth-order valence-corrected chi connectivity index (χ4v) is 1.18. The molecule has 72 valence electrons. The number of benzene rings is 1. The molecule has 0 unspecified atom stereocenters. The van der Waals surface area contributed by atoms with Crippen LogP contribution in [0.1, 0.15) is 5.56 Å². The summed E-state index contributed by atoms with van der Waals surface area (Å²) >= 11 is 0. The molecular formula is C10H9NO3. The summed E-state index contributed by atoms with van der Waals surface area (Å²) in [6.07, 6.45) is 1.03. The second-order valence-electron chi connectivity index (χ2n) is 2.81. The van der Waals surface area contributed by atoms with Gasteiger partial charge in [-0.2, -0.15) is 0 Å². The van der Waals surface area contributed by atoms with Gasteiger partial charge in [0.05, 0.1) is 0 Å². The van der Waals surface area contributed by atoms with Crippen molar-refractivity contribution in [2.75, 3.05) is 0 Å². The van der Waals surface area contributed by atoms with Gasteiger partial charge >= 0.3 is 0 Å². The molecule has 0 spiro atoms. The highest BCUT2D eigenvalue weighted by Gasteiger charge is 2.16.